The van der Waals surface area contributed by atoms with Crippen molar-refractivity contribution in [3.8, 4) is 0 Å². The maximum absolute atomic E-state index is 12.0. The van der Waals surface area contributed by atoms with E-state index in [1.54, 1.807) is 0 Å². The third kappa shape index (κ3) is 5.36. The fourth-order valence-corrected chi connectivity index (χ4v) is 2.74. The smallest absolute Gasteiger partial charge is 0.318 e. The Morgan fingerprint density at radius 2 is 1.67 bits per heavy atom. The van der Waals surface area contributed by atoms with Gasteiger partial charge in [-0.2, -0.15) is 0 Å². The summed E-state index contributed by atoms with van der Waals surface area (Å²) >= 11 is 0. The number of urea groups is 1. The predicted molar refractivity (Wildman–Crippen MR) is 78.2 cm³/mol. The average Bonchev–Trinajstić information content (AvgIpc) is 2.36. The second-order valence-corrected chi connectivity index (χ2v) is 6.85. The first-order valence-corrected chi connectivity index (χ1v) is 7.42. The highest BCUT2D eigenvalue weighted by Gasteiger charge is 2.34. The molecule has 3 amide bonds. The van der Waals surface area contributed by atoms with Crippen molar-refractivity contribution in [2.75, 3.05) is 0 Å². The van der Waals surface area contributed by atoms with Crippen molar-refractivity contribution in [1.29, 1.82) is 0 Å². The number of esters is 1. The van der Waals surface area contributed by atoms with Crippen molar-refractivity contribution >= 4 is 17.9 Å². The maximum Gasteiger partial charge on any atom is 0.318 e. The summed E-state index contributed by atoms with van der Waals surface area (Å²) in [5, 5.41) is 1.90. The zero-order valence-electron chi connectivity index (χ0n) is 13.3. The molecule has 21 heavy (non-hydrogen) atoms. The number of carbonyl (C=O) groups is 3. The lowest BCUT2D eigenvalue weighted by Gasteiger charge is -2.36. The normalized spacial score (nSPS) is 24.0. The molecule has 0 saturated heterocycles. The van der Waals surface area contributed by atoms with E-state index in [1.807, 2.05) is 5.32 Å². The van der Waals surface area contributed by atoms with E-state index >= 15 is 0 Å². The minimum atomic E-state index is -1.01. The largest absolute Gasteiger partial charge is 0.452 e. The van der Waals surface area contributed by atoms with Crippen LogP contribution in [-0.2, 0) is 14.3 Å². The number of hydrogen-bond donors (Lipinski definition) is 2. The van der Waals surface area contributed by atoms with Gasteiger partial charge in [-0.15, -0.1) is 0 Å². The Hall–Kier alpha value is -1.59. The molecule has 0 spiro atoms. The molecule has 1 saturated carbocycles. The van der Waals surface area contributed by atoms with Crippen LogP contribution in [0.2, 0.25) is 0 Å². The molecule has 0 aliphatic heterocycles. The van der Waals surface area contributed by atoms with Crippen LogP contribution in [0.1, 0.15) is 53.4 Å². The molecule has 0 bridgehead atoms. The van der Waals surface area contributed by atoms with Crippen LogP contribution in [0.3, 0.4) is 0 Å². The Morgan fingerprint density at radius 3 is 2.10 bits per heavy atom. The quantitative estimate of drug-likeness (QED) is 0.778. The molecule has 120 valence electrons. The molecule has 0 aromatic heterocycles. The first kappa shape index (κ1) is 17.5. The number of hydrogen-bond acceptors (Lipinski definition) is 4. The zero-order valence-corrected chi connectivity index (χ0v) is 13.3. The summed E-state index contributed by atoms with van der Waals surface area (Å²) in [5.41, 5.74) is 5.10. The molecule has 0 aromatic rings. The third-order valence-corrected chi connectivity index (χ3v) is 4.19. The summed E-state index contributed by atoms with van der Waals surface area (Å²) in [6.07, 6.45) is 2.54. The number of ether oxygens (including phenoxy) is 1. The molecule has 0 heterocycles. The third-order valence-electron chi connectivity index (χ3n) is 4.19. The standard InChI is InChI=1S/C15H26N2O4/c1-9(12(18)17-14(16)20)21-13(19)10-5-7-11(8-6-10)15(2,3)4/h9-11H,5-8H2,1-4H3,(H3,16,17,18,20)/t9-,10?,11?/m1/s1. The van der Waals surface area contributed by atoms with Gasteiger partial charge in [0.05, 0.1) is 5.92 Å². The van der Waals surface area contributed by atoms with Crippen molar-refractivity contribution in [3.05, 3.63) is 0 Å². The van der Waals surface area contributed by atoms with Gasteiger partial charge in [-0.05, 0) is 43.9 Å². The first-order valence-electron chi connectivity index (χ1n) is 7.42. The first-order chi connectivity index (χ1) is 9.61. The Labute approximate surface area is 125 Å². The number of imide groups is 1. The van der Waals surface area contributed by atoms with E-state index in [-0.39, 0.29) is 17.3 Å². The maximum atomic E-state index is 12.0. The summed E-state index contributed by atoms with van der Waals surface area (Å²) in [4.78, 5) is 34.1. The number of carbonyl (C=O) groups excluding carboxylic acids is 3. The van der Waals surface area contributed by atoms with Gasteiger partial charge in [-0.25, -0.2) is 4.79 Å². The number of nitrogens with one attached hydrogen (secondary N) is 1. The fraction of sp³-hybridized carbons (Fsp3) is 0.800. The Bertz CT molecular complexity index is 406. The lowest BCUT2D eigenvalue weighted by atomic mass is 9.70. The number of amides is 3. The van der Waals surface area contributed by atoms with Crippen molar-refractivity contribution in [2.45, 2.75) is 59.5 Å². The Kier molecular flexibility index (Phi) is 5.75. The highest BCUT2D eigenvalue weighted by molar-refractivity contribution is 5.96. The van der Waals surface area contributed by atoms with Crippen LogP contribution in [0.15, 0.2) is 0 Å². The van der Waals surface area contributed by atoms with Crippen molar-refractivity contribution in [2.24, 2.45) is 23.0 Å². The SMILES string of the molecule is C[C@@H](OC(=O)C1CCC(C(C)(C)C)CC1)C(=O)NC(N)=O. The van der Waals surface area contributed by atoms with E-state index in [2.05, 4.69) is 20.8 Å². The second kappa shape index (κ2) is 6.91. The lowest BCUT2D eigenvalue weighted by molar-refractivity contribution is -0.160. The monoisotopic (exact) mass is 298 g/mol. The molecular weight excluding hydrogens is 272 g/mol. The van der Waals surface area contributed by atoms with Crippen LogP contribution in [0, 0.1) is 17.3 Å². The molecule has 1 aliphatic carbocycles. The van der Waals surface area contributed by atoms with Gasteiger partial charge in [0.1, 0.15) is 0 Å². The van der Waals surface area contributed by atoms with Crippen molar-refractivity contribution in [1.82, 2.24) is 5.32 Å². The van der Waals surface area contributed by atoms with E-state index in [0.29, 0.717) is 5.92 Å². The van der Waals surface area contributed by atoms with Crippen LogP contribution >= 0.6 is 0 Å². The lowest BCUT2D eigenvalue weighted by Crippen LogP contribution is -2.43. The van der Waals surface area contributed by atoms with E-state index in [9.17, 15) is 14.4 Å². The zero-order chi connectivity index (χ0) is 16.2. The molecule has 1 fully saturated rings. The van der Waals surface area contributed by atoms with Gasteiger partial charge in [-0.3, -0.25) is 14.9 Å². The second-order valence-electron chi connectivity index (χ2n) is 6.85. The highest BCUT2D eigenvalue weighted by Crippen LogP contribution is 2.40. The van der Waals surface area contributed by atoms with E-state index in [1.165, 1.54) is 6.92 Å². The molecule has 1 atom stereocenters. The Morgan fingerprint density at radius 1 is 1.14 bits per heavy atom. The van der Waals surface area contributed by atoms with Crippen LogP contribution in [-0.4, -0.2) is 24.0 Å². The van der Waals surface area contributed by atoms with Crippen molar-refractivity contribution < 1.29 is 19.1 Å². The minimum absolute atomic E-state index is 0.160. The van der Waals surface area contributed by atoms with Crippen LogP contribution in [0.4, 0.5) is 4.79 Å². The van der Waals surface area contributed by atoms with Gasteiger partial charge in [-0.1, -0.05) is 20.8 Å². The average molecular weight is 298 g/mol. The summed E-state index contributed by atoms with van der Waals surface area (Å²) in [6.45, 7) is 8.07. The fourth-order valence-electron chi connectivity index (χ4n) is 2.74. The molecular formula is C15H26N2O4. The van der Waals surface area contributed by atoms with Gasteiger partial charge < -0.3 is 10.5 Å². The van der Waals surface area contributed by atoms with Gasteiger partial charge >= 0.3 is 12.0 Å². The molecule has 0 unspecified atom stereocenters. The van der Waals surface area contributed by atoms with Crippen LogP contribution in [0.5, 0.6) is 0 Å². The number of rotatable bonds is 3. The summed E-state index contributed by atoms with van der Waals surface area (Å²) in [5.74, 6) is -0.613. The topological polar surface area (TPSA) is 98.5 Å². The summed E-state index contributed by atoms with van der Waals surface area (Å²) < 4.78 is 5.11. The number of primary amides is 1. The van der Waals surface area contributed by atoms with Crippen LogP contribution in [0.25, 0.3) is 0 Å². The molecule has 0 radical (unpaired) electrons. The molecule has 6 heteroatoms. The van der Waals surface area contributed by atoms with Gasteiger partial charge in [0.25, 0.3) is 5.91 Å². The van der Waals surface area contributed by atoms with Crippen molar-refractivity contribution in [3.63, 3.8) is 0 Å². The molecule has 6 nitrogen and oxygen atoms in total. The van der Waals surface area contributed by atoms with Crippen LogP contribution < -0.4 is 11.1 Å². The van der Waals surface area contributed by atoms with E-state index in [0.717, 1.165) is 25.7 Å². The molecule has 0 aromatic carbocycles. The van der Waals surface area contributed by atoms with Gasteiger partial charge in [0.2, 0.25) is 0 Å². The minimum Gasteiger partial charge on any atom is -0.452 e. The number of nitrogens with two attached hydrogens (primary N) is 1. The molecule has 1 aliphatic rings. The summed E-state index contributed by atoms with van der Waals surface area (Å²) in [7, 11) is 0. The highest BCUT2D eigenvalue weighted by atomic mass is 16.5. The predicted octanol–water partition coefficient (Wildman–Crippen LogP) is 1.97. The summed E-state index contributed by atoms with van der Waals surface area (Å²) in [6, 6.07) is -0.950. The van der Waals surface area contributed by atoms with Gasteiger partial charge in [0.15, 0.2) is 6.10 Å². The Balaban J connectivity index is 2.44. The molecule has 1 rings (SSSR count). The van der Waals surface area contributed by atoms with E-state index < -0.39 is 18.0 Å². The van der Waals surface area contributed by atoms with E-state index in [4.69, 9.17) is 10.5 Å². The van der Waals surface area contributed by atoms with Gasteiger partial charge in [0, 0.05) is 0 Å². The molecule has 3 N–H and O–H groups in total.